The van der Waals surface area contributed by atoms with Gasteiger partial charge in [0.05, 0.1) is 36.3 Å². The van der Waals surface area contributed by atoms with E-state index in [0.717, 1.165) is 78.3 Å². The molecule has 0 amide bonds. The third kappa shape index (κ3) is 5.41. The Morgan fingerprint density at radius 2 is 0.768 bits per heavy atom. The standard InChI is InChI=1S/C50H38N4O2/c1-31-5-17-47-41(25-31)43-27-37(55-3)15-19-49(43)53(47)35-11-7-33(8-12-35)45-29-51-23-21-39(45)40-22-24-52-30-46(40)34-9-13-36(14-10-34)54-48-18-6-32(2)26-42(48)44-28-38(56-4)16-20-50(44)54/h5-30H,1-4H3. The van der Waals surface area contributed by atoms with Crippen LogP contribution in [0.5, 0.6) is 11.5 Å². The smallest absolute Gasteiger partial charge is 0.119 e. The van der Waals surface area contributed by atoms with E-state index in [0.29, 0.717) is 0 Å². The van der Waals surface area contributed by atoms with Crippen molar-refractivity contribution in [1.29, 1.82) is 0 Å². The zero-order valence-electron chi connectivity index (χ0n) is 31.6. The van der Waals surface area contributed by atoms with Crippen LogP contribution >= 0.6 is 0 Å². The van der Waals surface area contributed by atoms with Gasteiger partial charge < -0.3 is 18.6 Å². The molecule has 0 saturated carbocycles. The molecule has 6 heteroatoms. The molecule has 0 spiro atoms. The van der Waals surface area contributed by atoms with Gasteiger partial charge in [-0.1, -0.05) is 47.5 Å². The summed E-state index contributed by atoms with van der Waals surface area (Å²) in [6, 6.07) is 47.7. The third-order valence-corrected chi connectivity index (χ3v) is 11.1. The molecule has 0 bridgehead atoms. The molecule has 270 valence electrons. The number of rotatable bonds is 7. The van der Waals surface area contributed by atoms with Crippen LogP contribution in [0.1, 0.15) is 11.1 Å². The Bertz CT molecular complexity index is 2910. The summed E-state index contributed by atoms with van der Waals surface area (Å²) in [5.41, 5.74) is 15.7. The second kappa shape index (κ2) is 13.3. The topological polar surface area (TPSA) is 54.1 Å². The van der Waals surface area contributed by atoms with Gasteiger partial charge in [0, 0.05) is 68.8 Å². The van der Waals surface area contributed by atoms with Crippen LogP contribution in [0.15, 0.2) is 158 Å². The summed E-state index contributed by atoms with van der Waals surface area (Å²) < 4.78 is 15.9. The molecule has 10 aromatic rings. The molecule has 0 aliphatic rings. The van der Waals surface area contributed by atoms with Crippen molar-refractivity contribution in [2.24, 2.45) is 0 Å². The average Bonchev–Trinajstić information content (AvgIpc) is 3.74. The highest BCUT2D eigenvalue weighted by Gasteiger charge is 2.18. The van der Waals surface area contributed by atoms with E-state index >= 15 is 0 Å². The Morgan fingerprint density at radius 3 is 1.16 bits per heavy atom. The fourth-order valence-electron chi connectivity index (χ4n) is 8.34. The molecule has 0 aliphatic carbocycles. The van der Waals surface area contributed by atoms with Gasteiger partial charge in [-0.3, -0.25) is 9.97 Å². The monoisotopic (exact) mass is 726 g/mol. The summed E-state index contributed by atoms with van der Waals surface area (Å²) in [6.07, 6.45) is 7.67. The zero-order chi connectivity index (χ0) is 37.9. The predicted octanol–water partition coefficient (Wildman–Crippen LogP) is 12.3. The summed E-state index contributed by atoms with van der Waals surface area (Å²) in [7, 11) is 3.43. The van der Waals surface area contributed by atoms with Crippen molar-refractivity contribution in [2.75, 3.05) is 14.2 Å². The molecule has 0 fully saturated rings. The molecule has 0 N–H and O–H groups in total. The lowest BCUT2D eigenvalue weighted by Crippen LogP contribution is -1.95. The zero-order valence-corrected chi connectivity index (χ0v) is 31.6. The quantitative estimate of drug-likeness (QED) is 0.164. The van der Waals surface area contributed by atoms with Crippen LogP contribution in [0.2, 0.25) is 0 Å². The number of methoxy groups -OCH3 is 2. The summed E-state index contributed by atoms with van der Waals surface area (Å²) >= 11 is 0. The maximum absolute atomic E-state index is 5.60. The number of benzene rings is 6. The van der Waals surface area contributed by atoms with E-state index in [1.807, 2.05) is 36.9 Å². The Morgan fingerprint density at radius 1 is 0.393 bits per heavy atom. The van der Waals surface area contributed by atoms with E-state index in [1.165, 1.54) is 32.7 Å². The fraction of sp³-hybridized carbons (Fsp3) is 0.0800. The maximum atomic E-state index is 5.60. The van der Waals surface area contributed by atoms with Crippen molar-refractivity contribution in [3.05, 3.63) is 169 Å². The van der Waals surface area contributed by atoms with E-state index < -0.39 is 0 Å². The normalized spacial score (nSPS) is 11.6. The molecule has 0 unspecified atom stereocenters. The number of hydrogen-bond acceptors (Lipinski definition) is 4. The second-order valence-electron chi connectivity index (χ2n) is 14.4. The Balaban J connectivity index is 1.03. The van der Waals surface area contributed by atoms with Crippen molar-refractivity contribution >= 4 is 43.6 Å². The lowest BCUT2D eigenvalue weighted by molar-refractivity contribution is 0.415. The highest BCUT2D eigenvalue weighted by molar-refractivity contribution is 6.11. The van der Waals surface area contributed by atoms with E-state index in [1.54, 1.807) is 14.2 Å². The molecular weight excluding hydrogens is 689 g/mol. The minimum Gasteiger partial charge on any atom is -0.497 e. The molecule has 6 nitrogen and oxygen atoms in total. The van der Waals surface area contributed by atoms with Gasteiger partial charge in [-0.15, -0.1) is 0 Å². The largest absolute Gasteiger partial charge is 0.497 e. The summed E-state index contributed by atoms with van der Waals surface area (Å²) in [4.78, 5) is 9.18. The fourth-order valence-corrected chi connectivity index (χ4v) is 8.34. The highest BCUT2D eigenvalue weighted by atomic mass is 16.5. The number of nitrogens with zero attached hydrogens (tertiary/aromatic N) is 4. The first-order valence-corrected chi connectivity index (χ1v) is 18.8. The number of aromatic nitrogens is 4. The minimum absolute atomic E-state index is 0.850. The number of pyridine rings is 2. The first-order chi connectivity index (χ1) is 27.5. The molecule has 0 radical (unpaired) electrons. The molecule has 56 heavy (non-hydrogen) atoms. The highest BCUT2D eigenvalue weighted by Crippen LogP contribution is 2.40. The summed E-state index contributed by atoms with van der Waals surface area (Å²) in [6.45, 7) is 4.27. The van der Waals surface area contributed by atoms with E-state index in [9.17, 15) is 0 Å². The van der Waals surface area contributed by atoms with Gasteiger partial charge in [-0.25, -0.2) is 0 Å². The van der Waals surface area contributed by atoms with Crippen molar-refractivity contribution < 1.29 is 9.47 Å². The molecule has 0 atom stereocenters. The molecule has 0 saturated heterocycles. The lowest BCUT2D eigenvalue weighted by Gasteiger charge is -2.15. The Kier molecular flexibility index (Phi) is 7.92. The molecular formula is C50H38N4O2. The predicted molar refractivity (Wildman–Crippen MR) is 230 cm³/mol. The van der Waals surface area contributed by atoms with Gasteiger partial charge in [0.2, 0.25) is 0 Å². The number of ether oxygens (including phenoxy) is 2. The van der Waals surface area contributed by atoms with Gasteiger partial charge in [0.1, 0.15) is 11.5 Å². The van der Waals surface area contributed by atoms with Crippen LogP contribution in [-0.2, 0) is 0 Å². The minimum atomic E-state index is 0.850. The van der Waals surface area contributed by atoms with Crippen molar-refractivity contribution in [2.45, 2.75) is 13.8 Å². The van der Waals surface area contributed by atoms with Crippen LogP contribution < -0.4 is 9.47 Å². The van der Waals surface area contributed by atoms with E-state index in [4.69, 9.17) is 9.47 Å². The summed E-state index contributed by atoms with van der Waals surface area (Å²) in [5, 5.41) is 4.76. The van der Waals surface area contributed by atoms with E-state index in [2.05, 4.69) is 154 Å². The average molecular weight is 727 g/mol. The van der Waals surface area contributed by atoms with Gasteiger partial charge >= 0.3 is 0 Å². The van der Waals surface area contributed by atoms with Crippen molar-refractivity contribution in [1.82, 2.24) is 19.1 Å². The van der Waals surface area contributed by atoms with Gasteiger partial charge in [0.15, 0.2) is 0 Å². The first-order valence-electron chi connectivity index (χ1n) is 18.8. The Hall–Kier alpha value is -7.18. The van der Waals surface area contributed by atoms with Crippen LogP contribution in [0, 0.1) is 13.8 Å². The number of aryl methyl sites for hydroxylation is 2. The molecule has 10 rings (SSSR count). The number of fused-ring (bicyclic) bond motifs is 6. The molecule has 4 aromatic heterocycles. The van der Waals surface area contributed by atoms with Gasteiger partial charge in [-0.2, -0.15) is 0 Å². The van der Waals surface area contributed by atoms with Gasteiger partial charge in [0.25, 0.3) is 0 Å². The van der Waals surface area contributed by atoms with E-state index in [-0.39, 0.29) is 0 Å². The Labute approximate surface area is 324 Å². The molecule has 6 aromatic carbocycles. The molecule has 4 heterocycles. The number of hydrogen-bond donors (Lipinski definition) is 0. The van der Waals surface area contributed by atoms with Crippen LogP contribution in [0.25, 0.3) is 88.4 Å². The van der Waals surface area contributed by atoms with Crippen LogP contribution in [-0.4, -0.2) is 33.3 Å². The summed E-state index contributed by atoms with van der Waals surface area (Å²) in [5.74, 6) is 1.70. The third-order valence-electron chi connectivity index (χ3n) is 11.1. The second-order valence-corrected chi connectivity index (χ2v) is 14.4. The maximum Gasteiger partial charge on any atom is 0.119 e. The lowest BCUT2D eigenvalue weighted by atomic mass is 9.91. The van der Waals surface area contributed by atoms with Gasteiger partial charge in [-0.05, 0) is 133 Å². The van der Waals surface area contributed by atoms with Crippen LogP contribution in [0.3, 0.4) is 0 Å². The molecule has 0 aliphatic heterocycles. The van der Waals surface area contributed by atoms with Crippen molar-refractivity contribution in [3.8, 4) is 56.3 Å². The van der Waals surface area contributed by atoms with Crippen LogP contribution in [0.4, 0.5) is 0 Å². The SMILES string of the molecule is COc1ccc2c(c1)c1cc(C)ccc1n2-c1ccc(-c2cnccc2-c2ccncc2-c2ccc(-n3c4ccc(C)cc4c4cc(OC)ccc43)cc2)cc1. The van der Waals surface area contributed by atoms with Crippen molar-refractivity contribution in [3.63, 3.8) is 0 Å². The first kappa shape index (κ1) is 33.4.